The number of sulfonamides is 1. The first-order valence-electron chi connectivity index (χ1n) is 9.89. The Kier molecular flexibility index (Phi) is 6.06. The second-order valence-corrected chi connectivity index (χ2v) is 10.5. The molecular weight excluding hydrogens is 420 g/mol. The summed E-state index contributed by atoms with van der Waals surface area (Å²) in [7, 11) is 0.118. The van der Waals surface area contributed by atoms with E-state index in [2.05, 4.69) is 22.4 Å². The molecule has 0 radical (unpaired) electrons. The first-order chi connectivity index (χ1) is 14.4. The quantitative estimate of drug-likeness (QED) is 0.578. The third-order valence-corrected chi connectivity index (χ3v) is 7.84. The highest BCUT2D eigenvalue weighted by molar-refractivity contribution is 7.88. The summed E-state index contributed by atoms with van der Waals surface area (Å²) in [4.78, 5) is 12.8. The highest BCUT2D eigenvalue weighted by Gasteiger charge is 2.29. The summed E-state index contributed by atoms with van der Waals surface area (Å²) < 4.78 is 30.6. The van der Waals surface area contributed by atoms with Gasteiger partial charge in [0.15, 0.2) is 5.82 Å². The first kappa shape index (κ1) is 21.2. The molecule has 7 nitrogen and oxygen atoms in total. The molecule has 0 spiro atoms. The van der Waals surface area contributed by atoms with Gasteiger partial charge in [0.05, 0.1) is 11.6 Å². The number of nitrogens with zero attached hydrogens (tertiary/aromatic N) is 4. The van der Waals surface area contributed by atoms with Crippen LogP contribution in [0, 0.1) is 0 Å². The van der Waals surface area contributed by atoms with Crippen LogP contribution in [0.1, 0.15) is 18.7 Å². The van der Waals surface area contributed by atoms with Crippen molar-refractivity contribution >= 4 is 37.4 Å². The topological polar surface area (TPSA) is 75.6 Å². The van der Waals surface area contributed by atoms with Crippen LogP contribution in [0.25, 0.3) is 21.3 Å². The van der Waals surface area contributed by atoms with Crippen molar-refractivity contribution in [1.29, 1.82) is 0 Å². The van der Waals surface area contributed by atoms with Gasteiger partial charge in [-0.25, -0.2) is 22.7 Å². The summed E-state index contributed by atoms with van der Waals surface area (Å²) in [6, 6.07) is 10.3. The summed E-state index contributed by atoms with van der Waals surface area (Å²) in [5.41, 5.74) is 2.27. The maximum Gasteiger partial charge on any atom is 0.211 e. The molecule has 0 aliphatic carbocycles. The zero-order chi connectivity index (χ0) is 21.3. The molecule has 2 aromatic heterocycles. The van der Waals surface area contributed by atoms with Crippen LogP contribution in [-0.2, 0) is 21.4 Å². The van der Waals surface area contributed by atoms with Crippen molar-refractivity contribution in [2.45, 2.75) is 25.5 Å². The number of methoxy groups -OCH3 is 1. The summed E-state index contributed by atoms with van der Waals surface area (Å²) in [6.45, 7) is 1.84. The van der Waals surface area contributed by atoms with Gasteiger partial charge in [-0.3, -0.25) is 0 Å². The van der Waals surface area contributed by atoms with E-state index in [1.165, 1.54) is 10.6 Å². The average molecular weight is 447 g/mol. The third kappa shape index (κ3) is 4.20. The van der Waals surface area contributed by atoms with Crippen LogP contribution in [0.2, 0.25) is 0 Å². The van der Waals surface area contributed by atoms with E-state index in [1.54, 1.807) is 25.5 Å². The van der Waals surface area contributed by atoms with Crippen molar-refractivity contribution < 1.29 is 13.2 Å². The van der Waals surface area contributed by atoms with Gasteiger partial charge in [-0.05, 0) is 18.4 Å². The molecule has 1 aliphatic heterocycles. The average Bonchev–Trinajstić information content (AvgIpc) is 3.17. The fourth-order valence-electron chi connectivity index (χ4n) is 3.93. The summed E-state index contributed by atoms with van der Waals surface area (Å²) >= 11 is 1.61. The van der Waals surface area contributed by atoms with Crippen LogP contribution in [-0.4, -0.2) is 62.2 Å². The molecule has 160 valence electrons. The molecule has 1 aromatic carbocycles. The van der Waals surface area contributed by atoms with Crippen LogP contribution in [0.5, 0.6) is 0 Å². The Bertz CT molecular complexity index is 1120. The molecule has 0 atom stereocenters. The predicted octanol–water partition coefficient (Wildman–Crippen LogP) is 3.36. The zero-order valence-electron chi connectivity index (χ0n) is 17.4. The number of anilines is 1. The van der Waals surface area contributed by atoms with Gasteiger partial charge < -0.3 is 9.64 Å². The van der Waals surface area contributed by atoms with E-state index < -0.39 is 10.0 Å². The smallest absolute Gasteiger partial charge is 0.211 e. The fraction of sp³-hybridized carbons (Fsp3) is 0.429. The molecule has 4 rings (SSSR count). The third-order valence-electron chi connectivity index (χ3n) is 5.62. The predicted molar refractivity (Wildman–Crippen MR) is 121 cm³/mol. The van der Waals surface area contributed by atoms with Gasteiger partial charge in [-0.15, -0.1) is 11.3 Å². The zero-order valence-corrected chi connectivity index (χ0v) is 19.0. The van der Waals surface area contributed by atoms with Gasteiger partial charge in [0.25, 0.3) is 0 Å². The number of piperidine rings is 1. The Labute approximate surface area is 181 Å². The largest absolute Gasteiger partial charge is 0.377 e. The van der Waals surface area contributed by atoms with E-state index in [1.807, 2.05) is 18.2 Å². The van der Waals surface area contributed by atoms with Gasteiger partial charge in [-0.1, -0.05) is 30.3 Å². The maximum atomic E-state index is 11.9. The number of ether oxygens (including phenoxy) is 1. The molecular formula is C21H26N4O3S2. The molecule has 0 unspecified atom stereocenters. The lowest BCUT2D eigenvalue weighted by Gasteiger charge is -2.36. The van der Waals surface area contributed by atoms with Crippen molar-refractivity contribution in [1.82, 2.24) is 14.3 Å². The van der Waals surface area contributed by atoms with Crippen molar-refractivity contribution in [3.8, 4) is 11.1 Å². The molecule has 1 aliphatic rings. The first-order valence-corrected chi connectivity index (χ1v) is 12.6. The molecule has 0 bridgehead atoms. The minimum absolute atomic E-state index is 0.0168. The molecule has 0 amide bonds. The van der Waals surface area contributed by atoms with Crippen LogP contribution < -0.4 is 4.90 Å². The van der Waals surface area contributed by atoms with E-state index in [0.717, 1.165) is 53.1 Å². The number of fused-ring (bicyclic) bond motifs is 1. The lowest BCUT2D eigenvalue weighted by atomic mass is 10.0. The Hall–Kier alpha value is -2.07. The number of hydrogen-bond acceptors (Lipinski definition) is 7. The van der Waals surface area contributed by atoms with Crippen molar-refractivity contribution in [3.63, 3.8) is 0 Å². The van der Waals surface area contributed by atoms with Gasteiger partial charge in [0.1, 0.15) is 17.3 Å². The minimum atomic E-state index is -3.19. The lowest BCUT2D eigenvalue weighted by Crippen LogP contribution is -2.45. The summed E-state index contributed by atoms with van der Waals surface area (Å²) in [6.07, 6.45) is 2.79. The second kappa shape index (κ2) is 8.58. The highest BCUT2D eigenvalue weighted by atomic mass is 32.2. The molecule has 0 N–H and O–H groups in total. The highest BCUT2D eigenvalue weighted by Crippen LogP contribution is 2.39. The number of rotatable bonds is 6. The normalized spacial score (nSPS) is 15.9. The van der Waals surface area contributed by atoms with Crippen molar-refractivity contribution in [2.75, 3.05) is 38.4 Å². The van der Waals surface area contributed by atoms with Crippen molar-refractivity contribution in [3.05, 3.63) is 41.5 Å². The van der Waals surface area contributed by atoms with Crippen LogP contribution in [0.4, 0.5) is 5.82 Å². The van der Waals surface area contributed by atoms with E-state index in [9.17, 15) is 8.42 Å². The van der Waals surface area contributed by atoms with Gasteiger partial charge in [0, 0.05) is 44.2 Å². The number of thiophene rings is 1. The lowest BCUT2D eigenvalue weighted by molar-refractivity contribution is 0.178. The monoisotopic (exact) mass is 446 g/mol. The van der Waals surface area contributed by atoms with Crippen LogP contribution in [0.15, 0.2) is 35.7 Å². The van der Waals surface area contributed by atoms with E-state index in [4.69, 9.17) is 14.7 Å². The maximum absolute atomic E-state index is 11.9. The number of aromatic nitrogens is 2. The minimum Gasteiger partial charge on any atom is -0.377 e. The van der Waals surface area contributed by atoms with Gasteiger partial charge in [-0.2, -0.15) is 0 Å². The summed E-state index contributed by atoms with van der Waals surface area (Å²) in [5.74, 6) is 1.57. The Balaban J connectivity index is 1.71. The Morgan fingerprint density at radius 2 is 1.90 bits per heavy atom. The molecule has 1 saturated heterocycles. The summed E-state index contributed by atoms with van der Waals surface area (Å²) in [5, 5.41) is 3.19. The SMILES string of the molecule is COCc1nc(N2CCC(N(C)S(C)(=O)=O)CC2)c2c(-c3ccccc3)csc2n1. The van der Waals surface area contributed by atoms with E-state index >= 15 is 0 Å². The van der Waals surface area contributed by atoms with Crippen LogP contribution >= 0.6 is 11.3 Å². The Morgan fingerprint density at radius 3 is 2.53 bits per heavy atom. The molecule has 9 heteroatoms. The standard InChI is InChI=1S/C21H26N4O3S2/c1-24(30(3,26)27)16-9-11-25(12-10-16)20-19-17(15-7-5-4-6-8-15)14-29-21(19)23-18(22-20)13-28-2/h4-8,14,16H,9-13H2,1-3H3. The molecule has 1 fully saturated rings. The Morgan fingerprint density at radius 1 is 1.20 bits per heavy atom. The molecule has 30 heavy (non-hydrogen) atoms. The number of hydrogen-bond donors (Lipinski definition) is 0. The van der Waals surface area contributed by atoms with Gasteiger partial charge >= 0.3 is 0 Å². The van der Waals surface area contributed by atoms with Gasteiger partial charge in [0.2, 0.25) is 10.0 Å². The van der Waals surface area contributed by atoms with E-state index in [-0.39, 0.29) is 6.04 Å². The van der Waals surface area contributed by atoms with E-state index in [0.29, 0.717) is 12.4 Å². The molecule has 3 aromatic rings. The molecule has 0 saturated carbocycles. The fourth-order valence-corrected chi connectivity index (χ4v) is 5.64. The molecule has 3 heterocycles. The second-order valence-electron chi connectivity index (χ2n) is 7.59. The van der Waals surface area contributed by atoms with Crippen molar-refractivity contribution in [2.24, 2.45) is 0 Å². The van der Waals surface area contributed by atoms with Crippen LogP contribution in [0.3, 0.4) is 0 Å². The number of benzene rings is 1.